The molecule has 4 N–H and O–H groups in total. The standard InChI is InChI=1S/C20H31NO3.3C19H29NO3/c1-20(2,3)11-14-12-21-7-6-13-8-18(23-4)19(24-5)9-15(13)16(21)10-17(14)22;3*1-12(2)7-14-11-20-6-5-13-8-18(22-3)19(23-4)9-15(13)16(20)10-17(14)21/h8-9,14,16-17,22H,6-7,10-12H2,1-5H3;3*8-9,12,14,16-17,21H,5-7,10-11H2,1-4H3/i1D3,2D3,5D3,8D,9D,11D2,12D2;4D3,8D,9D,10D2,11D2,14D,17D;8D,9D,10D2,11D2,14D,17D;4D3,8D,9D,11D2,14D. The van der Waals surface area contributed by atoms with E-state index in [-0.39, 0.29) is 194 Å². The van der Waals surface area contributed by atoms with E-state index in [4.69, 9.17) is 95.5 Å². The number of hydrogen-bond acceptors (Lipinski definition) is 16. The zero-order valence-corrected chi connectivity index (χ0v) is 54.8. The van der Waals surface area contributed by atoms with E-state index in [2.05, 4.69) is 0 Å². The Balaban J connectivity index is 0.000000203. The van der Waals surface area contributed by atoms with E-state index in [1.807, 2.05) is 13.8 Å². The summed E-state index contributed by atoms with van der Waals surface area (Å²) in [6.45, 7) is -6.05. The third-order valence-corrected chi connectivity index (χ3v) is 16.8. The number of aliphatic hydroxyl groups excluding tert-OH is 2. The molecule has 93 heavy (non-hydrogen) atoms. The summed E-state index contributed by atoms with van der Waals surface area (Å²) >= 11 is 0. The van der Waals surface area contributed by atoms with Crippen LogP contribution >= 0.6 is 0 Å². The average Bonchev–Trinajstić information content (AvgIpc) is 0.671. The van der Waals surface area contributed by atoms with Crippen LogP contribution in [-0.4, -0.2) is 173 Å². The number of fused-ring (bicyclic) bond motifs is 12. The maximum absolute atomic E-state index is 11.2. The van der Waals surface area contributed by atoms with Crippen molar-refractivity contribution in [1.29, 1.82) is 0 Å². The van der Waals surface area contributed by atoms with E-state index in [1.54, 1.807) is 27.7 Å². The molecule has 4 aromatic rings. The normalized spacial score (nSPS) is 42.1. The molecule has 12 rings (SSSR count). The molecule has 0 aliphatic carbocycles. The van der Waals surface area contributed by atoms with Gasteiger partial charge in [0.1, 0.15) is 0 Å². The Bertz CT molecular complexity index is 5050. The lowest BCUT2D eigenvalue weighted by Gasteiger charge is -2.47. The predicted octanol–water partition coefficient (Wildman–Crippen LogP) is 12.5. The largest absolute Gasteiger partial charge is 0.493 e. The fraction of sp³-hybridized carbons (Fsp3) is 0.688. The topological polar surface area (TPSA) is 168 Å². The zero-order valence-electron chi connectivity index (χ0n) is 96.8. The van der Waals surface area contributed by atoms with Crippen LogP contribution in [0.4, 0.5) is 0 Å². The Morgan fingerprint density at radius 3 is 1.11 bits per heavy atom. The third kappa shape index (κ3) is 17.0. The summed E-state index contributed by atoms with van der Waals surface area (Å²) in [6, 6.07) is -7.83. The van der Waals surface area contributed by atoms with E-state index >= 15 is 0 Å². The van der Waals surface area contributed by atoms with Crippen molar-refractivity contribution in [3.8, 4) is 46.0 Å². The minimum absolute atomic E-state index is 0.00636. The van der Waals surface area contributed by atoms with Crippen molar-refractivity contribution in [1.82, 2.24) is 19.6 Å². The van der Waals surface area contributed by atoms with Gasteiger partial charge in [-0.3, -0.25) is 19.6 Å². The molecule has 0 radical (unpaired) electrons. The molecule has 0 aromatic heterocycles. The van der Waals surface area contributed by atoms with Crippen molar-refractivity contribution in [2.45, 2.75) is 188 Å². The number of nitrogens with zero attached hydrogens (tertiary/aromatic N) is 4. The van der Waals surface area contributed by atoms with Crippen molar-refractivity contribution >= 4 is 0 Å². The highest BCUT2D eigenvalue weighted by molar-refractivity contribution is 5.53. The van der Waals surface area contributed by atoms with Gasteiger partial charge in [-0.25, -0.2) is 0 Å². The van der Waals surface area contributed by atoms with Crippen LogP contribution in [0.25, 0.3) is 0 Å². The molecule has 4 aromatic carbocycles. The van der Waals surface area contributed by atoms with Crippen LogP contribution < -0.4 is 37.9 Å². The molecule has 12 unspecified atom stereocenters. The molecule has 0 bridgehead atoms. The minimum atomic E-state index is -3.41. The van der Waals surface area contributed by atoms with Crippen molar-refractivity contribution in [2.24, 2.45) is 46.8 Å². The predicted molar refractivity (Wildman–Crippen MR) is 369 cm³/mol. The van der Waals surface area contributed by atoms with Crippen LogP contribution in [0.2, 0.25) is 0 Å². The third-order valence-electron chi connectivity index (χ3n) is 16.8. The molecule has 8 aliphatic heterocycles. The highest BCUT2D eigenvalue weighted by Crippen LogP contribution is 2.49. The molecule has 4 saturated heterocycles. The lowest BCUT2D eigenvalue weighted by Crippen LogP contribution is -2.48. The fourth-order valence-corrected chi connectivity index (χ4v) is 12.6. The van der Waals surface area contributed by atoms with Crippen LogP contribution in [0, 0.1) is 46.8 Å². The van der Waals surface area contributed by atoms with E-state index in [1.165, 1.54) is 40.4 Å². The van der Waals surface area contributed by atoms with Gasteiger partial charge in [-0.2, -0.15) is 0 Å². The van der Waals surface area contributed by atoms with Crippen molar-refractivity contribution in [3.05, 3.63) is 92.8 Å². The van der Waals surface area contributed by atoms with Gasteiger partial charge < -0.3 is 58.3 Å². The smallest absolute Gasteiger partial charge is 0.161 e. The second-order valence-corrected chi connectivity index (χ2v) is 25.2. The maximum Gasteiger partial charge on any atom is 0.161 e. The summed E-state index contributed by atoms with van der Waals surface area (Å²) in [5.74, 6) is -12.1. The molecular formula is C77H118N4O12. The van der Waals surface area contributed by atoms with Gasteiger partial charge in [-0.15, -0.1) is 0 Å². The van der Waals surface area contributed by atoms with Gasteiger partial charge in [0.05, 0.1) is 107 Å². The molecule has 0 spiro atoms. The van der Waals surface area contributed by atoms with E-state index in [0.717, 1.165) is 14.7 Å². The highest BCUT2D eigenvalue weighted by Gasteiger charge is 2.44. The Hall–Kier alpha value is -5.04. The molecule has 518 valence electrons. The Morgan fingerprint density at radius 2 is 0.763 bits per heavy atom. The molecule has 4 fully saturated rings. The number of methoxy groups -OCH3 is 8. The first-order valence-electron chi connectivity index (χ1n) is 52.2. The van der Waals surface area contributed by atoms with Crippen LogP contribution in [0.15, 0.2) is 48.3 Å². The van der Waals surface area contributed by atoms with Gasteiger partial charge >= 0.3 is 0 Å². The van der Waals surface area contributed by atoms with Crippen molar-refractivity contribution in [3.63, 3.8) is 0 Å². The van der Waals surface area contributed by atoms with Gasteiger partial charge in [0, 0.05) is 108 Å². The molecule has 12 atom stereocenters. The van der Waals surface area contributed by atoms with E-state index in [0.29, 0.717) is 18.1 Å². The summed E-state index contributed by atoms with van der Waals surface area (Å²) in [6.07, 6.45) is -19.3. The maximum atomic E-state index is 11.2. The molecular weight excluding hydrogens is 1170 g/mol. The van der Waals surface area contributed by atoms with Gasteiger partial charge in [0.25, 0.3) is 0 Å². The Labute approximate surface area is 617 Å². The van der Waals surface area contributed by atoms with Crippen molar-refractivity contribution < 1.29 is 116 Å². The number of piperidine rings is 4. The van der Waals surface area contributed by atoms with Gasteiger partial charge in [0.15, 0.2) is 46.0 Å². The Kier molecular flexibility index (Phi) is 12.0. The second kappa shape index (κ2) is 31.9. The number of aliphatic hydroxyl groups is 4. The molecule has 8 aliphatic rings. The molecule has 16 nitrogen and oxygen atoms in total. The number of hydrogen-bond donors (Lipinski definition) is 4. The first-order valence-corrected chi connectivity index (χ1v) is 31.2. The molecule has 0 saturated carbocycles. The summed E-state index contributed by atoms with van der Waals surface area (Å²) in [4.78, 5) is 4.72. The quantitative estimate of drug-likeness (QED) is 0.0887. The summed E-state index contributed by atoms with van der Waals surface area (Å²) in [7, 11) is -2.69. The van der Waals surface area contributed by atoms with Crippen LogP contribution in [0.3, 0.4) is 0 Å². The highest BCUT2D eigenvalue weighted by atomic mass is 16.5. The molecule has 0 amide bonds. The monoisotopic (exact) mass is 1330 g/mol. The van der Waals surface area contributed by atoms with E-state index < -0.39 is 193 Å². The fourth-order valence-electron chi connectivity index (χ4n) is 12.6. The second-order valence-electron chi connectivity index (χ2n) is 25.2. The van der Waals surface area contributed by atoms with Crippen LogP contribution in [-0.2, 0) is 25.7 Å². The lowest BCUT2D eigenvalue weighted by molar-refractivity contribution is -0.0259. The minimum Gasteiger partial charge on any atom is -0.493 e. The van der Waals surface area contributed by atoms with Crippen molar-refractivity contribution in [2.75, 3.05) is 109 Å². The van der Waals surface area contributed by atoms with Gasteiger partial charge in [-0.05, 0) is 217 Å². The zero-order chi connectivity index (χ0) is 104. The number of ether oxygens (including phenoxy) is 8. The Morgan fingerprint density at radius 1 is 0.462 bits per heavy atom. The van der Waals surface area contributed by atoms with Gasteiger partial charge in [-0.1, -0.05) is 62.2 Å². The molecule has 8 heterocycles. The summed E-state index contributed by atoms with van der Waals surface area (Å²) in [5, 5.41) is 44.4. The first kappa shape index (κ1) is 34.9. The summed E-state index contributed by atoms with van der Waals surface area (Å²) in [5.41, 5.74) is -2.02. The first-order chi connectivity index (χ1) is 60.9. The van der Waals surface area contributed by atoms with Gasteiger partial charge in [0.2, 0.25) is 0 Å². The van der Waals surface area contributed by atoms with E-state index in [9.17, 15) is 20.4 Å². The SMILES string of the molecule is [2H]c1c2c(c([2H])c(OC([2H])([2H])[2H])c1OC)C1CC(O)C(C([2H])([2H])C(C)(C([2H])([2H])[2H])C([2H])([2H])[2H])C([2H])([2H])N1CC2.[2H]c1c2c(c([2H])c(OC([2H])([2H])[2H])c1OC)C1CC(O)C([2H])(CC(C)C)C([2H])([2H])N1CC2.[2H]c1c2c(c([2H])c(OC([2H])([2H])[2H])c1OC)C1N(CC2)C([2H])([2H])C([2H])(CC(C)C)C([2H])(O)C1([2H])[2H].[2H]c1c2c(c([2H])c(OC)c1OC)C1N(CC2)C([2H])([2H])C([2H])(CC(C)C)C([2H])(O)C1([2H])[2H]. The molecule has 16 heteroatoms. The van der Waals surface area contributed by atoms with Crippen LogP contribution in [0.1, 0.15) is 240 Å². The van der Waals surface area contributed by atoms with Crippen LogP contribution in [0.5, 0.6) is 46.0 Å². The summed E-state index contributed by atoms with van der Waals surface area (Å²) < 4.78 is 390. The lowest BCUT2D eigenvalue weighted by atomic mass is 9.75. The average molecular weight is 1330 g/mol. The number of benzene rings is 4. The number of rotatable bonds is 15.